The Hall–Kier alpha value is -0.900. The second kappa shape index (κ2) is 6.63. The summed E-state index contributed by atoms with van der Waals surface area (Å²) in [6.07, 6.45) is 1.05. The number of hydrazine groups is 1. The van der Waals surface area contributed by atoms with Crippen LogP contribution in [0.25, 0.3) is 0 Å². The summed E-state index contributed by atoms with van der Waals surface area (Å²) in [6.45, 7) is 2.91. The molecule has 2 atom stereocenters. The monoisotopic (exact) mass is 221 g/mol. The summed E-state index contributed by atoms with van der Waals surface area (Å²) in [7, 11) is 3.99. The first-order valence-electron chi connectivity index (χ1n) is 5.82. The normalized spacial score (nSPS) is 15.1. The van der Waals surface area contributed by atoms with E-state index in [4.69, 9.17) is 5.73 Å². The lowest BCUT2D eigenvalue weighted by Gasteiger charge is -2.24. The van der Waals surface area contributed by atoms with E-state index in [0.29, 0.717) is 18.5 Å². The van der Waals surface area contributed by atoms with E-state index in [1.54, 1.807) is 0 Å². The third-order valence-corrected chi connectivity index (χ3v) is 2.73. The van der Waals surface area contributed by atoms with Crippen LogP contribution in [0, 0.1) is 0 Å². The Bertz CT molecular complexity index is 284. The number of rotatable bonds is 6. The zero-order chi connectivity index (χ0) is 12.0. The lowest BCUT2D eigenvalue weighted by Crippen LogP contribution is -2.44. The summed E-state index contributed by atoms with van der Waals surface area (Å²) in [5, 5.41) is 1.97. The van der Waals surface area contributed by atoms with Crippen LogP contribution in [0.15, 0.2) is 30.3 Å². The summed E-state index contributed by atoms with van der Waals surface area (Å²) in [5.41, 5.74) is 10.5. The smallest absolute Gasteiger partial charge is 0.0343 e. The fraction of sp³-hybridized carbons (Fsp3) is 0.538. The van der Waals surface area contributed by atoms with Gasteiger partial charge in [-0.25, -0.2) is 0 Å². The van der Waals surface area contributed by atoms with E-state index in [9.17, 15) is 0 Å². The first-order valence-corrected chi connectivity index (χ1v) is 5.82. The molecule has 16 heavy (non-hydrogen) atoms. The molecule has 0 aliphatic carbocycles. The molecular formula is C13H23N3. The molecule has 0 radical (unpaired) electrons. The molecule has 0 amide bonds. The van der Waals surface area contributed by atoms with Gasteiger partial charge in [0.05, 0.1) is 0 Å². The number of benzene rings is 1. The molecule has 3 heteroatoms. The average molecular weight is 221 g/mol. The molecule has 90 valence electrons. The van der Waals surface area contributed by atoms with Crippen LogP contribution in [-0.4, -0.2) is 31.7 Å². The SMILES string of the molecule is CC(CC(CN)NN(C)C)c1ccccc1. The predicted molar refractivity (Wildman–Crippen MR) is 69.1 cm³/mol. The summed E-state index contributed by atoms with van der Waals surface area (Å²) in [4.78, 5) is 0. The number of nitrogens with zero attached hydrogens (tertiary/aromatic N) is 1. The highest BCUT2D eigenvalue weighted by molar-refractivity contribution is 5.18. The van der Waals surface area contributed by atoms with E-state index in [2.05, 4.69) is 42.7 Å². The minimum Gasteiger partial charge on any atom is -0.329 e. The minimum absolute atomic E-state index is 0.338. The van der Waals surface area contributed by atoms with E-state index in [-0.39, 0.29) is 0 Å². The van der Waals surface area contributed by atoms with Crippen molar-refractivity contribution in [3.05, 3.63) is 35.9 Å². The minimum atomic E-state index is 0.338. The zero-order valence-corrected chi connectivity index (χ0v) is 10.5. The van der Waals surface area contributed by atoms with Gasteiger partial charge in [-0.05, 0) is 17.9 Å². The molecule has 0 aromatic heterocycles. The van der Waals surface area contributed by atoms with Crippen LogP contribution in [0.4, 0.5) is 0 Å². The van der Waals surface area contributed by atoms with Gasteiger partial charge in [-0.3, -0.25) is 10.4 Å². The lowest BCUT2D eigenvalue weighted by molar-refractivity contribution is 0.231. The van der Waals surface area contributed by atoms with Crippen molar-refractivity contribution >= 4 is 0 Å². The number of nitrogens with one attached hydrogen (secondary N) is 1. The van der Waals surface area contributed by atoms with Crippen molar-refractivity contribution in [3.8, 4) is 0 Å². The van der Waals surface area contributed by atoms with Gasteiger partial charge in [-0.2, -0.15) is 0 Å². The maximum absolute atomic E-state index is 5.76. The molecule has 0 heterocycles. The molecule has 0 aliphatic heterocycles. The van der Waals surface area contributed by atoms with Crippen LogP contribution >= 0.6 is 0 Å². The molecule has 0 saturated heterocycles. The molecule has 0 spiro atoms. The fourth-order valence-electron chi connectivity index (χ4n) is 1.91. The van der Waals surface area contributed by atoms with Crippen molar-refractivity contribution in [2.45, 2.75) is 25.3 Å². The molecule has 1 aromatic rings. The molecule has 2 unspecified atom stereocenters. The van der Waals surface area contributed by atoms with Crippen LogP contribution in [0.5, 0.6) is 0 Å². The first kappa shape index (κ1) is 13.2. The molecule has 0 fully saturated rings. The Balaban J connectivity index is 2.52. The van der Waals surface area contributed by atoms with E-state index in [1.807, 2.05) is 19.1 Å². The predicted octanol–water partition coefficient (Wildman–Crippen LogP) is 1.57. The van der Waals surface area contributed by atoms with Crippen LogP contribution in [0.3, 0.4) is 0 Å². The van der Waals surface area contributed by atoms with Crippen molar-refractivity contribution in [1.29, 1.82) is 0 Å². The first-order chi connectivity index (χ1) is 7.63. The number of nitrogens with two attached hydrogens (primary N) is 1. The molecule has 0 aliphatic rings. The Morgan fingerprint density at radius 1 is 1.25 bits per heavy atom. The number of hydrogen-bond donors (Lipinski definition) is 2. The van der Waals surface area contributed by atoms with Crippen LogP contribution < -0.4 is 11.2 Å². The van der Waals surface area contributed by atoms with E-state index in [1.165, 1.54) is 5.56 Å². The third kappa shape index (κ3) is 4.31. The summed E-state index contributed by atoms with van der Waals surface area (Å²) < 4.78 is 0. The van der Waals surface area contributed by atoms with Gasteiger partial charge in [0.15, 0.2) is 0 Å². The maximum atomic E-state index is 5.76. The lowest BCUT2D eigenvalue weighted by atomic mass is 9.94. The summed E-state index contributed by atoms with van der Waals surface area (Å²) in [6, 6.07) is 10.9. The Kier molecular flexibility index (Phi) is 5.46. The van der Waals surface area contributed by atoms with Crippen molar-refractivity contribution in [2.24, 2.45) is 5.73 Å². The fourth-order valence-corrected chi connectivity index (χ4v) is 1.91. The topological polar surface area (TPSA) is 41.3 Å². The standard InChI is InChI=1S/C13H23N3/c1-11(12-7-5-4-6-8-12)9-13(10-14)15-16(2)3/h4-8,11,13,15H,9-10,14H2,1-3H3. The molecule has 0 bridgehead atoms. The largest absolute Gasteiger partial charge is 0.329 e. The van der Waals surface area contributed by atoms with Crippen LogP contribution in [-0.2, 0) is 0 Å². The van der Waals surface area contributed by atoms with Gasteiger partial charge in [0, 0.05) is 26.7 Å². The van der Waals surface area contributed by atoms with Gasteiger partial charge >= 0.3 is 0 Å². The summed E-state index contributed by atoms with van der Waals surface area (Å²) in [5.74, 6) is 0.530. The van der Waals surface area contributed by atoms with Crippen molar-refractivity contribution in [2.75, 3.05) is 20.6 Å². The van der Waals surface area contributed by atoms with Gasteiger partial charge < -0.3 is 5.73 Å². The van der Waals surface area contributed by atoms with Crippen molar-refractivity contribution < 1.29 is 0 Å². The van der Waals surface area contributed by atoms with Crippen LogP contribution in [0.2, 0.25) is 0 Å². The highest BCUT2D eigenvalue weighted by atomic mass is 15.5. The molecular weight excluding hydrogens is 198 g/mol. The van der Waals surface area contributed by atoms with Gasteiger partial charge in [-0.1, -0.05) is 37.3 Å². The maximum Gasteiger partial charge on any atom is 0.0343 e. The Morgan fingerprint density at radius 2 is 1.88 bits per heavy atom. The number of hydrogen-bond acceptors (Lipinski definition) is 3. The molecule has 3 nitrogen and oxygen atoms in total. The summed E-state index contributed by atoms with van der Waals surface area (Å²) >= 11 is 0. The second-order valence-electron chi connectivity index (χ2n) is 4.50. The van der Waals surface area contributed by atoms with Crippen LogP contribution in [0.1, 0.15) is 24.8 Å². The molecule has 0 saturated carbocycles. The molecule has 1 rings (SSSR count). The molecule has 3 N–H and O–H groups in total. The van der Waals surface area contributed by atoms with Crippen molar-refractivity contribution in [3.63, 3.8) is 0 Å². The van der Waals surface area contributed by atoms with Gasteiger partial charge in [0.2, 0.25) is 0 Å². The van der Waals surface area contributed by atoms with E-state index < -0.39 is 0 Å². The van der Waals surface area contributed by atoms with E-state index >= 15 is 0 Å². The van der Waals surface area contributed by atoms with Gasteiger partial charge in [0.25, 0.3) is 0 Å². The highest BCUT2D eigenvalue weighted by Crippen LogP contribution is 2.19. The molecule has 1 aromatic carbocycles. The average Bonchev–Trinajstić information content (AvgIpc) is 2.28. The third-order valence-electron chi connectivity index (χ3n) is 2.73. The van der Waals surface area contributed by atoms with E-state index in [0.717, 1.165) is 6.42 Å². The van der Waals surface area contributed by atoms with Crippen molar-refractivity contribution in [1.82, 2.24) is 10.4 Å². The highest BCUT2D eigenvalue weighted by Gasteiger charge is 2.13. The van der Waals surface area contributed by atoms with Gasteiger partial charge in [0.1, 0.15) is 0 Å². The zero-order valence-electron chi connectivity index (χ0n) is 10.5. The quantitative estimate of drug-likeness (QED) is 0.717. The van der Waals surface area contributed by atoms with Gasteiger partial charge in [-0.15, -0.1) is 0 Å². The second-order valence-corrected chi connectivity index (χ2v) is 4.50. The Morgan fingerprint density at radius 3 is 2.38 bits per heavy atom. The Labute approximate surface area is 98.6 Å².